The van der Waals surface area contributed by atoms with Crippen molar-refractivity contribution in [3.63, 3.8) is 0 Å². The van der Waals surface area contributed by atoms with E-state index in [1.54, 1.807) is 4.90 Å². The molecule has 0 aromatic heterocycles. The normalized spacial score (nSPS) is 23.1. The summed E-state index contributed by atoms with van der Waals surface area (Å²) in [4.78, 5) is 29.8. The molecule has 2 aliphatic rings. The van der Waals surface area contributed by atoms with Crippen LogP contribution in [-0.2, 0) is 27.5 Å². The van der Waals surface area contributed by atoms with Gasteiger partial charge in [0.05, 0.1) is 12.7 Å². The van der Waals surface area contributed by atoms with Gasteiger partial charge < -0.3 is 15.0 Å². The van der Waals surface area contributed by atoms with E-state index in [9.17, 15) is 9.59 Å². The van der Waals surface area contributed by atoms with Crippen LogP contribution >= 0.6 is 11.6 Å². The van der Waals surface area contributed by atoms with Crippen molar-refractivity contribution < 1.29 is 14.3 Å². The molecule has 2 heterocycles. The molecule has 4 rings (SSSR count). The average molecular weight is 428 g/mol. The molecule has 0 aliphatic carbocycles. The smallest absolute Gasteiger partial charge is 0.248 e. The lowest BCUT2D eigenvalue weighted by Crippen LogP contribution is -2.71. The Morgan fingerprint density at radius 2 is 1.87 bits per heavy atom. The van der Waals surface area contributed by atoms with E-state index in [2.05, 4.69) is 10.2 Å². The van der Waals surface area contributed by atoms with Gasteiger partial charge >= 0.3 is 0 Å². The molecule has 6 nitrogen and oxygen atoms in total. The summed E-state index contributed by atoms with van der Waals surface area (Å²) in [6.45, 7) is 4.69. The molecule has 2 saturated heterocycles. The van der Waals surface area contributed by atoms with Gasteiger partial charge in [-0.25, -0.2) is 0 Å². The van der Waals surface area contributed by atoms with Crippen molar-refractivity contribution in [3.8, 4) is 0 Å². The van der Waals surface area contributed by atoms with Gasteiger partial charge in [-0.15, -0.1) is 0 Å². The lowest BCUT2D eigenvalue weighted by Gasteiger charge is -2.46. The highest BCUT2D eigenvalue weighted by atomic mass is 35.5. The number of nitrogens with zero attached hydrogens (tertiary/aromatic N) is 2. The van der Waals surface area contributed by atoms with Crippen LogP contribution in [0, 0.1) is 0 Å². The Hall–Kier alpha value is -2.41. The van der Waals surface area contributed by atoms with Gasteiger partial charge in [0.2, 0.25) is 11.8 Å². The van der Waals surface area contributed by atoms with Crippen LogP contribution in [0.2, 0.25) is 5.02 Å². The minimum Gasteiger partial charge on any atom is -0.371 e. The monoisotopic (exact) mass is 427 g/mol. The Morgan fingerprint density at radius 3 is 2.63 bits per heavy atom. The molecule has 2 aliphatic heterocycles. The molecular formula is C23H26ClN3O3. The standard InChI is InChI=1S/C23H26ClN3O3/c1-16(30-15-17-6-3-2-4-7-17)21-23(29)27-11-10-26(14-20(27)22(28)25-21)13-18-8-5-9-19(24)12-18/h2-9,12,16,20-21H,10-11,13-15H2,1H3,(H,25,28)/t16-,20-,21+/m1/s1. The van der Waals surface area contributed by atoms with Gasteiger partial charge in [0.1, 0.15) is 12.1 Å². The fourth-order valence-electron chi connectivity index (χ4n) is 4.07. The number of carbonyl (C=O) groups is 2. The number of fused-ring (bicyclic) bond motifs is 1. The zero-order chi connectivity index (χ0) is 21.1. The number of rotatable bonds is 6. The van der Waals surface area contributed by atoms with Crippen molar-refractivity contribution in [2.75, 3.05) is 19.6 Å². The third-order valence-corrected chi connectivity index (χ3v) is 5.97. The van der Waals surface area contributed by atoms with Crippen molar-refractivity contribution in [1.29, 1.82) is 0 Å². The van der Waals surface area contributed by atoms with Crippen LogP contribution in [0.15, 0.2) is 54.6 Å². The maximum atomic E-state index is 13.1. The summed E-state index contributed by atoms with van der Waals surface area (Å²) in [6, 6.07) is 16.4. The number of carbonyl (C=O) groups excluding carboxylic acids is 2. The van der Waals surface area contributed by atoms with Crippen molar-refractivity contribution >= 4 is 23.4 Å². The molecule has 0 saturated carbocycles. The average Bonchev–Trinajstić information content (AvgIpc) is 2.75. The van der Waals surface area contributed by atoms with E-state index in [1.807, 2.05) is 61.5 Å². The number of ether oxygens (including phenoxy) is 1. The maximum Gasteiger partial charge on any atom is 0.248 e. The summed E-state index contributed by atoms with van der Waals surface area (Å²) < 4.78 is 5.89. The molecule has 2 aromatic carbocycles. The van der Waals surface area contributed by atoms with Crippen molar-refractivity contribution in [1.82, 2.24) is 15.1 Å². The van der Waals surface area contributed by atoms with Gasteiger partial charge in [-0.3, -0.25) is 14.5 Å². The van der Waals surface area contributed by atoms with E-state index in [0.29, 0.717) is 37.8 Å². The zero-order valence-corrected chi connectivity index (χ0v) is 17.7. The van der Waals surface area contributed by atoms with Gasteiger partial charge in [-0.2, -0.15) is 0 Å². The molecule has 158 valence electrons. The van der Waals surface area contributed by atoms with Crippen LogP contribution in [-0.4, -0.2) is 59.4 Å². The molecule has 0 radical (unpaired) electrons. The van der Waals surface area contributed by atoms with E-state index in [1.165, 1.54) is 0 Å². The Morgan fingerprint density at radius 1 is 1.10 bits per heavy atom. The summed E-state index contributed by atoms with van der Waals surface area (Å²) in [5, 5.41) is 3.59. The highest BCUT2D eigenvalue weighted by Gasteiger charge is 2.45. The summed E-state index contributed by atoms with van der Waals surface area (Å²) in [5.74, 6) is -0.187. The number of nitrogens with one attached hydrogen (secondary N) is 1. The molecule has 1 N–H and O–H groups in total. The maximum absolute atomic E-state index is 13.1. The van der Waals surface area contributed by atoms with E-state index >= 15 is 0 Å². The molecule has 30 heavy (non-hydrogen) atoms. The number of amides is 2. The van der Waals surface area contributed by atoms with Gasteiger partial charge in [0.25, 0.3) is 0 Å². The molecule has 0 unspecified atom stereocenters. The van der Waals surface area contributed by atoms with Crippen LogP contribution in [0.1, 0.15) is 18.1 Å². The minimum absolute atomic E-state index is 0.0671. The molecule has 2 fully saturated rings. The lowest BCUT2D eigenvalue weighted by molar-refractivity contribution is -0.157. The van der Waals surface area contributed by atoms with Crippen LogP contribution in [0.25, 0.3) is 0 Å². The van der Waals surface area contributed by atoms with Crippen LogP contribution in [0.4, 0.5) is 0 Å². The highest BCUT2D eigenvalue weighted by molar-refractivity contribution is 6.30. The fourth-order valence-corrected chi connectivity index (χ4v) is 4.28. The summed E-state index contributed by atoms with van der Waals surface area (Å²) in [7, 11) is 0. The Kier molecular flexibility index (Phi) is 6.37. The van der Waals surface area contributed by atoms with E-state index in [4.69, 9.17) is 16.3 Å². The third-order valence-electron chi connectivity index (χ3n) is 5.73. The topological polar surface area (TPSA) is 61.9 Å². The first kappa shape index (κ1) is 20.8. The van der Waals surface area contributed by atoms with Gasteiger partial charge in [-0.1, -0.05) is 54.1 Å². The second-order valence-corrected chi connectivity index (χ2v) is 8.34. The van der Waals surface area contributed by atoms with Crippen molar-refractivity contribution in [3.05, 3.63) is 70.7 Å². The first-order chi connectivity index (χ1) is 14.5. The molecule has 2 amide bonds. The van der Waals surface area contributed by atoms with Gasteiger partial charge in [0.15, 0.2) is 0 Å². The van der Waals surface area contributed by atoms with Crippen LogP contribution in [0.3, 0.4) is 0 Å². The lowest BCUT2D eigenvalue weighted by atomic mass is 10.0. The fraction of sp³-hybridized carbons (Fsp3) is 0.391. The van der Waals surface area contributed by atoms with Crippen molar-refractivity contribution in [2.45, 2.75) is 38.3 Å². The Labute approximate surface area is 181 Å². The van der Waals surface area contributed by atoms with E-state index in [0.717, 1.165) is 11.1 Å². The quantitative estimate of drug-likeness (QED) is 0.769. The predicted octanol–water partition coefficient (Wildman–Crippen LogP) is 2.46. The zero-order valence-electron chi connectivity index (χ0n) is 17.0. The highest BCUT2D eigenvalue weighted by Crippen LogP contribution is 2.21. The molecule has 2 aromatic rings. The largest absolute Gasteiger partial charge is 0.371 e. The molecule has 0 spiro atoms. The number of halogens is 1. The molecule has 0 bridgehead atoms. The summed E-state index contributed by atoms with van der Waals surface area (Å²) in [6.07, 6.45) is -0.410. The van der Waals surface area contributed by atoms with Crippen molar-refractivity contribution in [2.24, 2.45) is 0 Å². The van der Waals surface area contributed by atoms with E-state index in [-0.39, 0.29) is 11.8 Å². The third kappa shape index (κ3) is 4.67. The van der Waals surface area contributed by atoms with Crippen LogP contribution in [0.5, 0.6) is 0 Å². The van der Waals surface area contributed by atoms with Crippen LogP contribution < -0.4 is 5.32 Å². The molecule has 7 heteroatoms. The number of hydrogen-bond donors (Lipinski definition) is 1. The number of hydrogen-bond acceptors (Lipinski definition) is 4. The summed E-state index contributed by atoms with van der Waals surface area (Å²) in [5.41, 5.74) is 2.13. The van der Waals surface area contributed by atoms with Gasteiger partial charge in [0, 0.05) is 31.2 Å². The minimum atomic E-state index is -0.656. The molecule has 3 atom stereocenters. The first-order valence-electron chi connectivity index (χ1n) is 10.2. The number of benzene rings is 2. The SMILES string of the molecule is C[C@@H](OCc1ccccc1)[C@@H]1NC(=O)[C@H]2CN(Cc3cccc(Cl)c3)CCN2C1=O. The Balaban J connectivity index is 1.36. The predicted molar refractivity (Wildman–Crippen MR) is 115 cm³/mol. The number of piperazine rings is 2. The second kappa shape index (κ2) is 9.16. The van der Waals surface area contributed by atoms with Gasteiger partial charge in [-0.05, 0) is 30.2 Å². The second-order valence-electron chi connectivity index (χ2n) is 7.90. The Bertz CT molecular complexity index is 908. The summed E-state index contributed by atoms with van der Waals surface area (Å²) >= 11 is 6.08. The van der Waals surface area contributed by atoms with E-state index < -0.39 is 18.2 Å². The first-order valence-corrected chi connectivity index (χ1v) is 10.6. The molecular weight excluding hydrogens is 402 g/mol.